The highest BCUT2D eigenvalue weighted by Gasteiger charge is 2.02. The van der Waals surface area contributed by atoms with E-state index >= 15 is 0 Å². The number of nitrogens with one attached hydrogen (secondary N) is 1. The van der Waals surface area contributed by atoms with Crippen LogP contribution in [0.5, 0.6) is 5.75 Å². The molecule has 4 heteroatoms. The summed E-state index contributed by atoms with van der Waals surface area (Å²) in [5.74, 6) is 0.791. The number of thiocarbonyl (C=S) groups is 1. The first-order valence-corrected chi connectivity index (χ1v) is 6.18. The molecule has 0 aromatic heterocycles. The molecule has 0 spiro atoms. The van der Waals surface area contributed by atoms with E-state index in [0.29, 0.717) is 10.0 Å². The van der Waals surface area contributed by atoms with Crippen molar-refractivity contribution in [2.45, 2.75) is 0 Å². The van der Waals surface area contributed by atoms with Gasteiger partial charge in [0.25, 0.3) is 0 Å². The van der Waals surface area contributed by atoms with Crippen LogP contribution in [0.4, 0.5) is 5.69 Å². The maximum Gasteiger partial charge on any atom is 0.120 e. The summed E-state index contributed by atoms with van der Waals surface area (Å²) in [6.45, 7) is 0. The highest BCUT2D eigenvalue weighted by molar-refractivity contribution is 7.81. The van der Waals surface area contributed by atoms with Gasteiger partial charge in [-0.05, 0) is 24.3 Å². The molecule has 2 rings (SSSR count). The third kappa shape index (κ3) is 3.22. The van der Waals surface area contributed by atoms with Crippen LogP contribution in [0.25, 0.3) is 0 Å². The molecule has 18 heavy (non-hydrogen) atoms. The molecule has 0 aliphatic heterocycles. The van der Waals surface area contributed by atoms with E-state index in [1.807, 2.05) is 48.5 Å². The number of ether oxygens (including phenoxy) is 1. The Labute approximate surface area is 117 Å². The summed E-state index contributed by atoms with van der Waals surface area (Å²) in [4.78, 5) is 0.653. The Morgan fingerprint density at radius 3 is 2.56 bits per heavy atom. The molecule has 2 aromatic rings. The number of hydrogen-bond donors (Lipinski definition) is 1. The quantitative estimate of drug-likeness (QED) is 0.852. The smallest absolute Gasteiger partial charge is 0.120 e. The van der Waals surface area contributed by atoms with Crippen molar-refractivity contribution in [2.24, 2.45) is 0 Å². The van der Waals surface area contributed by atoms with Crippen molar-refractivity contribution in [2.75, 3.05) is 12.4 Å². The molecular weight excluding hydrogens is 266 g/mol. The minimum atomic E-state index is 0.653. The molecule has 2 nitrogen and oxygen atoms in total. The molecule has 0 saturated heterocycles. The second-order valence-electron chi connectivity index (χ2n) is 3.69. The molecule has 0 aliphatic carbocycles. The molecular formula is C14H12ClNOS. The standard InChI is InChI=1S/C14H12ClNOS/c1-17-13-4-2-3-12(9-13)16-14(18)10-5-7-11(15)8-6-10/h2-9H,1H3,(H,16,18). The summed E-state index contributed by atoms with van der Waals surface area (Å²) in [5.41, 5.74) is 1.83. The molecule has 0 unspecified atom stereocenters. The third-order valence-corrected chi connectivity index (χ3v) is 3.02. The van der Waals surface area contributed by atoms with E-state index in [-0.39, 0.29) is 0 Å². The van der Waals surface area contributed by atoms with Crippen molar-refractivity contribution in [3.05, 3.63) is 59.1 Å². The molecule has 0 saturated carbocycles. The zero-order chi connectivity index (χ0) is 13.0. The fourth-order valence-corrected chi connectivity index (χ4v) is 1.89. The van der Waals surface area contributed by atoms with Gasteiger partial charge in [-0.3, -0.25) is 0 Å². The number of rotatable bonds is 3. The van der Waals surface area contributed by atoms with Crippen LogP contribution in [0.1, 0.15) is 5.56 Å². The van der Waals surface area contributed by atoms with E-state index in [1.165, 1.54) is 0 Å². The lowest BCUT2D eigenvalue weighted by atomic mass is 10.2. The van der Waals surface area contributed by atoms with E-state index < -0.39 is 0 Å². The molecule has 0 fully saturated rings. The average molecular weight is 278 g/mol. The maximum absolute atomic E-state index is 5.84. The van der Waals surface area contributed by atoms with Crippen LogP contribution in [-0.4, -0.2) is 12.1 Å². The summed E-state index contributed by atoms with van der Waals surface area (Å²) in [5, 5.41) is 3.86. The molecule has 0 atom stereocenters. The number of benzene rings is 2. The van der Waals surface area contributed by atoms with Gasteiger partial charge >= 0.3 is 0 Å². The molecule has 0 heterocycles. The van der Waals surface area contributed by atoms with Crippen molar-refractivity contribution < 1.29 is 4.74 Å². The Morgan fingerprint density at radius 2 is 1.89 bits per heavy atom. The minimum Gasteiger partial charge on any atom is -0.497 e. The highest BCUT2D eigenvalue weighted by Crippen LogP contribution is 2.18. The van der Waals surface area contributed by atoms with E-state index in [2.05, 4.69) is 5.32 Å². The van der Waals surface area contributed by atoms with Gasteiger partial charge in [-0.2, -0.15) is 0 Å². The van der Waals surface area contributed by atoms with Gasteiger partial charge in [0, 0.05) is 22.3 Å². The first kappa shape index (κ1) is 12.9. The first-order chi connectivity index (χ1) is 8.69. The second-order valence-corrected chi connectivity index (χ2v) is 4.54. The topological polar surface area (TPSA) is 21.3 Å². The summed E-state index contributed by atoms with van der Waals surface area (Å²) in [7, 11) is 1.64. The summed E-state index contributed by atoms with van der Waals surface area (Å²) in [6.07, 6.45) is 0. The summed E-state index contributed by atoms with van der Waals surface area (Å²) < 4.78 is 5.16. The van der Waals surface area contributed by atoms with Crippen LogP contribution in [0, 0.1) is 0 Å². The first-order valence-electron chi connectivity index (χ1n) is 5.40. The molecule has 0 bridgehead atoms. The van der Waals surface area contributed by atoms with Crippen LogP contribution in [0.15, 0.2) is 48.5 Å². The Bertz CT molecular complexity index is 554. The van der Waals surface area contributed by atoms with E-state index in [0.717, 1.165) is 17.0 Å². The third-order valence-electron chi connectivity index (χ3n) is 2.43. The molecule has 92 valence electrons. The molecule has 1 N–H and O–H groups in total. The monoisotopic (exact) mass is 277 g/mol. The van der Waals surface area contributed by atoms with Crippen molar-refractivity contribution in [1.29, 1.82) is 0 Å². The number of anilines is 1. The van der Waals surface area contributed by atoms with Gasteiger partial charge in [0.2, 0.25) is 0 Å². The van der Waals surface area contributed by atoms with E-state index in [4.69, 9.17) is 28.6 Å². The molecule has 0 radical (unpaired) electrons. The predicted molar refractivity (Wildman–Crippen MR) is 79.8 cm³/mol. The largest absolute Gasteiger partial charge is 0.497 e. The van der Waals surface area contributed by atoms with Gasteiger partial charge in [-0.1, -0.05) is 42.0 Å². The van der Waals surface area contributed by atoms with Crippen LogP contribution < -0.4 is 10.1 Å². The summed E-state index contributed by atoms with van der Waals surface area (Å²) >= 11 is 11.2. The average Bonchev–Trinajstić information content (AvgIpc) is 2.39. The number of halogens is 1. The zero-order valence-corrected chi connectivity index (χ0v) is 11.4. The Hall–Kier alpha value is -1.58. The van der Waals surface area contributed by atoms with Crippen LogP contribution in [0.3, 0.4) is 0 Å². The lowest BCUT2D eigenvalue weighted by Gasteiger charge is -2.09. The van der Waals surface area contributed by atoms with Gasteiger partial charge < -0.3 is 10.1 Å². The fourth-order valence-electron chi connectivity index (χ4n) is 1.51. The predicted octanol–water partition coefficient (Wildman–Crippen LogP) is 4.14. The minimum absolute atomic E-state index is 0.653. The second kappa shape index (κ2) is 5.85. The Kier molecular flexibility index (Phi) is 4.18. The van der Waals surface area contributed by atoms with Crippen molar-refractivity contribution in [3.8, 4) is 5.75 Å². The van der Waals surface area contributed by atoms with Crippen LogP contribution in [0.2, 0.25) is 5.02 Å². The highest BCUT2D eigenvalue weighted by atomic mass is 35.5. The lowest BCUT2D eigenvalue weighted by molar-refractivity contribution is 0.415. The zero-order valence-electron chi connectivity index (χ0n) is 9.81. The Morgan fingerprint density at radius 1 is 1.17 bits per heavy atom. The maximum atomic E-state index is 5.84. The lowest BCUT2D eigenvalue weighted by Crippen LogP contribution is -2.10. The van der Waals surface area contributed by atoms with Crippen LogP contribution >= 0.6 is 23.8 Å². The summed E-state index contributed by atoms with van der Waals surface area (Å²) in [6, 6.07) is 15.0. The Balaban J connectivity index is 2.13. The normalized spacial score (nSPS) is 9.89. The van der Waals surface area contributed by atoms with E-state index in [9.17, 15) is 0 Å². The molecule has 0 amide bonds. The molecule has 0 aliphatic rings. The van der Waals surface area contributed by atoms with Gasteiger partial charge in [-0.25, -0.2) is 0 Å². The van der Waals surface area contributed by atoms with Crippen molar-refractivity contribution in [1.82, 2.24) is 0 Å². The van der Waals surface area contributed by atoms with Crippen LogP contribution in [-0.2, 0) is 0 Å². The van der Waals surface area contributed by atoms with E-state index in [1.54, 1.807) is 7.11 Å². The number of methoxy groups -OCH3 is 1. The fraction of sp³-hybridized carbons (Fsp3) is 0.0714. The van der Waals surface area contributed by atoms with Gasteiger partial charge in [0.1, 0.15) is 10.7 Å². The van der Waals surface area contributed by atoms with Gasteiger partial charge in [-0.15, -0.1) is 0 Å². The van der Waals surface area contributed by atoms with Crippen molar-refractivity contribution >= 4 is 34.5 Å². The van der Waals surface area contributed by atoms with Crippen molar-refractivity contribution in [3.63, 3.8) is 0 Å². The SMILES string of the molecule is COc1cccc(NC(=S)c2ccc(Cl)cc2)c1. The number of hydrogen-bond acceptors (Lipinski definition) is 2. The molecule has 2 aromatic carbocycles. The van der Waals surface area contributed by atoms with Gasteiger partial charge in [0.05, 0.1) is 7.11 Å². The van der Waals surface area contributed by atoms with Gasteiger partial charge in [0.15, 0.2) is 0 Å².